The zero-order valence-corrected chi connectivity index (χ0v) is 27.5. The van der Waals surface area contributed by atoms with Crippen LogP contribution in [0.1, 0.15) is 0 Å². The first-order valence-corrected chi connectivity index (χ1v) is 17.4. The molecular formula is C50H32. The quantitative estimate of drug-likeness (QED) is 0.169. The van der Waals surface area contributed by atoms with Gasteiger partial charge in [-0.05, 0) is 111 Å². The van der Waals surface area contributed by atoms with Crippen molar-refractivity contribution in [2.75, 3.05) is 0 Å². The summed E-state index contributed by atoms with van der Waals surface area (Å²) in [5.41, 5.74) is 10.0. The Balaban J connectivity index is 1.27. The van der Waals surface area contributed by atoms with Crippen LogP contribution in [0, 0.1) is 0 Å². The molecule has 0 heterocycles. The van der Waals surface area contributed by atoms with Crippen molar-refractivity contribution in [3.05, 3.63) is 194 Å². The lowest BCUT2D eigenvalue weighted by molar-refractivity contribution is 1.62. The van der Waals surface area contributed by atoms with Crippen LogP contribution in [-0.4, -0.2) is 0 Å². The van der Waals surface area contributed by atoms with Gasteiger partial charge in [0.1, 0.15) is 0 Å². The Morgan fingerprint density at radius 3 is 0.860 bits per heavy atom. The first-order chi connectivity index (χ1) is 24.8. The van der Waals surface area contributed by atoms with Crippen LogP contribution in [0.5, 0.6) is 0 Å². The maximum Gasteiger partial charge on any atom is -0.00923 e. The minimum atomic E-state index is 1.25. The maximum absolute atomic E-state index is 2.45. The molecule has 0 unspecified atom stereocenters. The molecule has 0 fully saturated rings. The molecule has 10 aromatic rings. The van der Waals surface area contributed by atoms with Gasteiger partial charge in [-0.25, -0.2) is 0 Å². The molecule has 0 radical (unpaired) electrons. The molecule has 0 saturated carbocycles. The van der Waals surface area contributed by atoms with E-state index in [0.29, 0.717) is 0 Å². The predicted octanol–water partition coefficient (Wildman–Crippen LogP) is 14.1. The van der Waals surface area contributed by atoms with Gasteiger partial charge in [0.15, 0.2) is 0 Å². The Labute approximate surface area is 291 Å². The molecule has 0 N–H and O–H groups in total. The van der Waals surface area contributed by atoms with Crippen LogP contribution in [0.25, 0.3) is 98.4 Å². The highest BCUT2D eigenvalue weighted by molar-refractivity contribution is 6.25. The lowest BCUT2D eigenvalue weighted by atomic mass is 9.84. The van der Waals surface area contributed by atoms with Crippen molar-refractivity contribution < 1.29 is 0 Å². The molecule has 0 aliphatic rings. The van der Waals surface area contributed by atoms with Crippen LogP contribution in [0.2, 0.25) is 0 Å². The maximum atomic E-state index is 2.45. The summed E-state index contributed by atoms with van der Waals surface area (Å²) in [6, 6.07) is 71.3. The van der Waals surface area contributed by atoms with Gasteiger partial charge < -0.3 is 0 Å². The number of hydrogen-bond acceptors (Lipinski definition) is 0. The monoisotopic (exact) mass is 632 g/mol. The zero-order chi connectivity index (χ0) is 33.0. The minimum Gasteiger partial charge on any atom is -0.0616 e. The van der Waals surface area contributed by atoms with E-state index >= 15 is 0 Å². The van der Waals surface area contributed by atoms with Crippen molar-refractivity contribution in [2.24, 2.45) is 0 Å². The molecule has 0 spiro atoms. The van der Waals surface area contributed by atoms with E-state index in [4.69, 9.17) is 0 Å². The fourth-order valence-electron chi connectivity index (χ4n) is 8.22. The van der Waals surface area contributed by atoms with Gasteiger partial charge in [0.05, 0.1) is 0 Å². The van der Waals surface area contributed by atoms with Crippen molar-refractivity contribution in [1.82, 2.24) is 0 Å². The van der Waals surface area contributed by atoms with Crippen LogP contribution in [0.15, 0.2) is 194 Å². The highest BCUT2D eigenvalue weighted by Gasteiger charge is 2.19. The molecule has 0 aliphatic carbocycles. The first-order valence-electron chi connectivity index (χ1n) is 17.4. The van der Waals surface area contributed by atoms with Crippen molar-refractivity contribution in [3.8, 4) is 44.5 Å². The molecule has 0 nitrogen and oxygen atoms in total. The summed E-state index contributed by atoms with van der Waals surface area (Å²) in [6.45, 7) is 0. The number of fused-ring (bicyclic) bond motifs is 7. The summed E-state index contributed by atoms with van der Waals surface area (Å²) in [5, 5.41) is 12.6. The molecule has 0 saturated heterocycles. The lowest BCUT2D eigenvalue weighted by Crippen LogP contribution is -1.92. The van der Waals surface area contributed by atoms with E-state index in [9.17, 15) is 0 Å². The van der Waals surface area contributed by atoms with E-state index in [1.807, 2.05) is 0 Å². The van der Waals surface area contributed by atoms with E-state index in [2.05, 4.69) is 194 Å². The fraction of sp³-hybridized carbons (Fsp3) is 0. The van der Waals surface area contributed by atoms with Crippen LogP contribution in [0.4, 0.5) is 0 Å². The molecule has 0 aliphatic heterocycles. The van der Waals surface area contributed by atoms with Crippen molar-refractivity contribution in [1.29, 1.82) is 0 Å². The third-order valence-electron chi connectivity index (χ3n) is 10.5. The van der Waals surface area contributed by atoms with Crippen LogP contribution >= 0.6 is 0 Å². The smallest absolute Gasteiger partial charge is 0.00923 e. The van der Waals surface area contributed by atoms with Gasteiger partial charge >= 0.3 is 0 Å². The second-order valence-electron chi connectivity index (χ2n) is 13.2. The molecule has 232 valence electrons. The Morgan fingerprint density at radius 1 is 0.160 bits per heavy atom. The van der Waals surface area contributed by atoms with E-state index < -0.39 is 0 Å². The van der Waals surface area contributed by atoms with E-state index in [1.165, 1.54) is 98.4 Å². The van der Waals surface area contributed by atoms with E-state index in [0.717, 1.165) is 0 Å². The largest absolute Gasteiger partial charge is 0.0616 e. The van der Waals surface area contributed by atoms with Crippen molar-refractivity contribution in [2.45, 2.75) is 0 Å². The van der Waals surface area contributed by atoms with Gasteiger partial charge in [-0.1, -0.05) is 182 Å². The highest BCUT2D eigenvalue weighted by Crippen LogP contribution is 2.46. The minimum absolute atomic E-state index is 1.25. The summed E-state index contributed by atoms with van der Waals surface area (Å²) in [6.07, 6.45) is 0. The number of hydrogen-bond donors (Lipinski definition) is 0. The van der Waals surface area contributed by atoms with Gasteiger partial charge in [0, 0.05) is 0 Å². The third kappa shape index (κ3) is 4.46. The second kappa shape index (κ2) is 11.6. The molecule has 0 amide bonds. The van der Waals surface area contributed by atoms with Crippen LogP contribution in [0.3, 0.4) is 0 Å². The summed E-state index contributed by atoms with van der Waals surface area (Å²) in [5.74, 6) is 0. The van der Waals surface area contributed by atoms with Gasteiger partial charge in [-0.15, -0.1) is 0 Å². The Bertz CT molecular complexity index is 2710. The van der Waals surface area contributed by atoms with Crippen LogP contribution < -0.4 is 0 Å². The SMILES string of the molecule is c1ccc(-c2cc3c4ccccc4c(-c4ccccc4-c4cccc5ccccc45)cc3c3ccccc23)c(-c2cccc3ccccc23)c1. The molecule has 0 heteroatoms. The first kappa shape index (κ1) is 28.5. The van der Waals surface area contributed by atoms with Crippen molar-refractivity contribution >= 4 is 53.9 Å². The molecule has 50 heavy (non-hydrogen) atoms. The number of rotatable bonds is 4. The topological polar surface area (TPSA) is 0 Å². The zero-order valence-electron chi connectivity index (χ0n) is 27.5. The van der Waals surface area contributed by atoms with Gasteiger partial charge in [-0.3, -0.25) is 0 Å². The highest BCUT2D eigenvalue weighted by atomic mass is 14.2. The Kier molecular flexibility index (Phi) is 6.60. The summed E-state index contributed by atoms with van der Waals surface area (Å²) < 4.78 is 0. The average molecular weight is 633 g/mol. The molecule has 0 bridgehead atoms. The molecule has 10 rings (SSSR count). The normalized spacial score (nSPS) is 11.6. The average Bonchev–Trinajstić information content (AvgIpc) is 3.20. The lowest BCUT2D eigenvalue weighted by Gasteiger charge is -2.19. The Morgan fingerprint density at radius 2 is 0.440 bits per heavy atom. The number of benzene rings is 10. The van der Waals surface area contributed by atoms with Gasteiger partial charge in [0.25, 0.3) is 0 Å². The van der Waals surface area contributed by atoms with Gasteiger partial charge in [-0.2, -0.15) is 0 Å². The fourth-order valence-corrected chi connectivity index (χ4v) is 8.22. The molecular weight excluding hydrogens is 601 g/mol. The van der Waals surface area contributed by atoms with Crippen molar-refractivity contribution in [3.63, 3.8) is 0 Å². The van der Waals surface area contributed by atoms with Crippen LogP contribution in [-0.2, 0) is 0 Å². The van der Waals surface area contributed by atoms with E-state index in [1.54, 1.807) is 0 Å². The van der Waals surface area contributed by atoms with Gasteiger partial charge in [0.2, 0.25) is 0 Å². The predicted molar refractivity (Wildman–Crippen MR) is 216 cm³/mol. The molecule has 10 aromatic carbocycles. The third-order valence-corrected chi connectivity index (χ3v) is 10.5. The van der Waals surface area contributed by atoms with E-state index in [-0.39, 0.29) is 0 Å². The molecule has 0 atom stereocenters. The second-order valence-corrected chi connectivity index (χ2v) is 13.2. The summed E-state index contributed by atoms with van der Waals surface area (Å²) in [7, 11) is 0. The summed E-state index contributed by atoms with van der Waals surface area (Å²) >= 11 is 0. The standard InChI is InChI=1S/C50H32/c1-3-19-35-33(15-1)17-13-29-37(35)39-21-5-7-23-41(39)47-31-49-46-28-12-10-26-44(46)48(32-50(49)45-27-11-9-25-43(45)47)42-24-8-6-22-40(42)38-30-14-18-34-16-2-4-20-36(34)38/h1-32H. The Hall–Kier alpha value is -6.50. The summed E-state index contributed by atoms with van der Waals surface area (Å²) in [4.78, 5) is 0. The molecule has 0 aromatic heterocycles.